The van der Waals surface area contributed by atoms with Crippen molar-refractivity contribution in [2.75, 3.05) is 7.11 Å². The Bertz CT molecular complexity index is 874. The maximum atomic E-state index is 11.3. The average Bonchev–Trinajstić information content (AvgIpc) is 3.00. The fourth-order valence-corrected chi connectivity index (χ4v) is 2.55. The van der Waals surface area contributed by atoms with Crippen LogP contribution >= 0.6 is 11.6 Å². The van der Waals surface area contributed by atoms with Gasteiger partial charge in [-0.3, -0.25) is 4.57 Å². The number of carbonyl (C=O) groups is 1. The maximum Gasteiger partial charge on any atom is 0.356 e. The number of hydrogen-bond acceptors (Lipinski definition) is 3. The molecule has 6 heteroatoms. The fourth-order valence-electron chi connectivity index (χ4n) is 2.33. The zero-order valence-corrected chi connectivity index (χ0v) is 13.0. The highest BCUT2D eigenvalue weighted by Gasteiger charge is 2.19. The number of carboxylic acid groups (broad SMARTS) is 1. The lowest BCUT2D eigenvalue weighted by Crippen LogP contribution is -1.99. The van der Waals surface area contributed by atoms with Gasteiger partial charge in [-0.05, 0) is 24.3 Å². The Labute approximate surface area is 137 Å². The first-order valence-electron chi connectivity index (χ1n) is 6.83. The standard InChI is InChI=1S/C17H13ClN2O3/c1-23-15-9-5-4-8-14(15)20-10-13(17(21)22)19-16(20)11-6-2-3-7-12(11)18/h2-10H,1H3,(H,21,22). The number of nitrogens with zero attached hydrogens (tertiary/aromatic N) is 2. The van der Waals surface area contributed by atoms with E-state index >= 15 is 0 Å². The summed E-state index contributed by atoms with van der Waals surface area (Å²) < 4.78 is 7.03. The van der Waals surface area contributed by atoms with Crippen LogP contribution in [0.15, 0.2) is 54.7 Å². The zero-order valence-electron chi connectivity index (χ0n) is 12.2. The smallest absolute Gasteiger partial charge is 0.356 e. The summed E-state index contributed by atoms with van der Waals surface area (Å²) in [4.78, 5) is 15.5. The second-order valence-electron chi connectivity index (χ2n) is 4.78. The summed E-state index contributed by atoms with van der Waals surface area (Å²) in [6.07, 6.45) is 1.46. The van der Waals surface area contributed by atoms with Crippen molar-refractivity contribution in [2.24, 2.45) is 0 Å². The van der Waals surface area contributed by atoms with Gasteiger partial charge >= 0.3 is 5.97 Å². The first-order chi connectivity index (χ1) is 11.1. The minimum absolute atomic E-state index is 0.0641. The number of hydrogen-bond donors (Lipinski definition) is 1. The van der Waals surface area contributed by atoms with Gasteiger partial charge in [0, 0.05) is 11.8 Å². The van der Waals surface area contributed by atoms with E-state index in [9.17, 15) is 9.90 Å². The number of halogens is 1. The van der Waals surface area contributed by atoms with Crippen LogP contribution < -0.4 is 4.74 Å². The van der Waals surface area contributed by atoms with E-state index in [0.29, 0.717) is 27.8 Å². The van der Waals surface area contributed by atoms with Crippen LogP contribution in [0.1, 0.15) is 10.5 Å². The lowest BCUT2D eigenvalue weighted by Gasteiger charge is -2.12. The Hall–Kier alpha value is -2.79. The van der Waals surface area contributed by atoms with Crippen molar-refractivity contribution in [3.05, 3.63) is 65.4 Å². The van der Waals surface area contributed by atoms with Gasteiger partial charge in [0.15, 0.2) is 5.69 Å². The van der Waals surface area contributed by atoms with E-state index in [1.54, 1.807) is 35.9 Å². The van der Waals surface area contributed by atoms with E-state index < -0.39 is 5.97 Å². The van der Waals surface area contributed by atoms with Gasteiger partial charge < -0.3 is 9.84 Å². The van der Waals surface area contributed by atoms with Gasteiger partial charge in [0.1, 0.15) is 11.6 Å². The SMILES string of the molecule is COc1ccccc1-n1cc(C(=O)O)nc1-c1ccccc1Cl. The molecular formula is C17H13ClN2O3. The van der Waals surface area contributed by atoms with Gasteiger partial charge in [0.25, 0.3) is 0 Å². The summed E-state index contributed by atoms with van der Waals surface area (Å²) in [5, 5.41) is 9.76. The molecule has 5 nitrogen and oxygen atoms in total. The minimum atomic E-state index is -1.10. The molecule has 0 aliphatic heterocycles. The molecule has 0 aliphatic carbocycles. The number of aromatic nitrogens is 2. The first kappa shape index (κ1) is 15.1. The summed E-state index contributed by atoms with van der Waals surface area (Å²) in [5.41, 5.74) is 1.27. The van der Waals surface area contributed by atoms with Crippen LogP contribution in [-0.4, -0.2) is 27.7 Å². The Morgan fingerprint density at radius 3 is 2.57 bits per heavy atom. The summed E-state index contributed by atoms with van der Waals surface area (Å²) >= 11 is 6.25. The predicted octanol–water partition coefficient (Wildman–Crippen LogP) is 3.90. The topological polar surface area (TPSA) is 64.3 Å². The number of carboxylic acids is 1. The van der Waals surface area contributed by atoms with Crippen molar-refractivity contribution in [2.45, 2.75) is 0 Å². The third-order valence-corrected chi connectivity index (χ3v) is 3.71. The molecule has 0 saturated heterocycles. The van der Waals surface area contributed by atoms with Crippen molar-refractivity contribution < 1.29 is 14.6 Å². The van der Waals surface area contributed by atoms with E-state index in [1.807, 2.05) is 24.3 Å². The number of imidazole rings is 1. The molecule has 0 unspecified atom stereocenters. The second-order valence-corrected chi connectivity index (χ2v) is 5.18. The van der Waals surface area contributed by atoms with Gasteiger partial charge in [-0.25, -0.2) is 9.78 Å². The molecule has 116 valence electrons. The fraction of sp³-hybridized carbons (Fsp3) is 0.0588. The summed E-state index contributed by atoms with van der Waals surface area (Å²) in [5.74, 6) is -0.0559. The third-order valence-electron chi connectivity index (χ3n) is 3.38. The van der Waals surface area contributed by atoms with Crippen LogP contribution in [0.2, 0.25) is 5.02 Å². The molecule has 0 spiro atoms. The van der Waals surface area contributed by atoms with Crippen molar-refractivity contribution in [3.8, 4) is 22.8 Å². The molecule has 0 amide bonds. The Morgan fingerprint density at radius 2 is 1.87 bits per heavy atom. The van der Waals surface area contributed by atoms with E-state index in [1.165, 1.54) is 6.20 Å². The average molecular weight is 329 g/mol. The number of rotatable bonds is 4. The molecule has 1 heterocycles. The monoisotopic (exact) mass is 328 g/mol. The molecule has 1 aromatic heterocycles. The molecule has 0 fully saturated rings. The quantitative estimate of drug-likeness (QED) is 0.789. The van der Waals surface area contributed by atoms with Crippen molar-refractivity contribution in [1.29, 1.82) is 0 Å². The predicted molar refractivity (Wildman–Crippen MR) is 87.5 cm³/mol. The summed E-state index contributed by atoms with van der Waals surface area (Å²) in [7, 11) is 1.56. The Morgan fingerprint density at radius 1 is 1.17 bits per heavy atom. The lowest BCUT2D eigenvalue weighted by molar-refractivity contribution is 0.0691. The van der Waals surface area contributed by atoms with Gasteiger partial charge in [0.2, 0.25) is 0 Å². The van der Waals surface area contributed by atoms with Gasteiger partial charge in [0.05, 0.1) is 17.8 Å². The highest BCUT2D eigenvalue weighted by molar-refractivity contribution is 6.33. The van der Waals surface area contributed by atoms with Crippen LogP contribution in [0.3, 0.4) is 0 Å². The minimum Gasteiger partial charge on any atom is -0.495 e. The number of benzene rings is 2. The molecule has 3 aromatic rings. The van der Waals surface area contributed by atoms with Crippen LogP contribution in [0.5, 0.6) is 5.75 Å². The molecule has 1 N–H and O–H groups in total. The molecule has 0 saturated carbocycles. The van der Waals surface area contributed by atoms with Gasteiger partial charge in [-0.2, -0.15) is 0 Å². The van der Waals surface area contributed by atoms with Gasteiger partial charge in [-0.1, -0.05) is 35.9 Å². The molecule has 3 rings (SSSR count). The Balaban J connectivity index is 2.28. The van der Waals surface area contributed by atoms with Crippen molar-refractivity contribution >= 4 is 17.6 Å². The van der Waals surface area contributed by atoms with E-state index in [0.717, 1.165) is 0 Å². The Kier molecular flexibility index (Phi) is 4.04. The largest absolute Gasteiger partial charge is 0.495 e. The number of aromatic carboxylic acids is 1. The normalized spacial score (nSPS) is 10.5. The van der Waals surface area contributed by atoms with E-state index in [4.69, 9.17) is 16.3 Å². The third kappa shape index (κ3) is 2.78. The van der Waals surface area contributed by atoms with Crippen LogP contribution in [0.25, 0.3) is 17.1 Å². The van der Waals surface area contributed by atoms with Crippen molar-refractivity contribution in [1.82, 2.24) is 9.55 Å². The summed E-state index contributed by atoms with van der Waals surface area (Å²) in [6, 6.07) is 14.5. The molecule has 0 aliphatic rings. The number of ether oxygens (including phenoxy) is 1. The molecule has 23 heavy (non-hydrogen) atoms. The molecule has 2 aromatic carbocycles. The zero-order chi connectivity index (χ0) is 16.4. The van der Waals surface area contributed by atoms with E-state index in [2.05, 4.69) is 4.98 Å². The van der Waals surface area contributed by atoms with E-state index in [-0.39, 0.29) is 5.69 Å². The second kappa shape index (κ2) is 6.14. The lowest BCUT2D eigenvalue weighted by atomic mass is 10.2. The number of methoxy groups -OCH3 is 1. The first-order valence-corrected chi connectivity index (χ1v) is 7.20. The molecule has 0 atom stereocenters. The molecule has 0 radical (unpaired) electrons. The maximum absolute atomic E-state index is 11.3. The van der Waals surface area contributed by atoms with Crippen molar-refractivity contribution in [3.63, 3.8) is 0 Å². The number of para-hydroxylation sites is 2. The van der Waals surface area contributed by atoms with Crippen LogP contribution in [0.4, 0.5) is 0 Å². The highest BCUT2D eigenvalue weighted by atomic mass is 35.5. The molecular weight excluding hydrogens is 316 g/mol. The van der Waals surface area contributed by atoms with Crippen LogP contribution in [0, 0.1) is 0 Å². The summed E-state index contributed by atoms with van der Waals surface area (Å²) in [6.45, 7) is 0. The van der Waals surface area contributed by atoms with Gasteiger partial charge in [-0.15, -0.1) is 0 Å². The highest BCUT2D eigenvalue weighted by Crippen LogP contribution is 2.32. The van der Waals surface area contributed by atoms with Crippen LogP contribution in [-0.2, 0) is 0 Å². The molecule has 0 bridgehead atoms.